The maximum absolute atomic E-state index is 11.8. The summed E-state index contributed by atoms with van der Waals surface area (Å²) in [6.45, 7) is 2.31. The van der Waals surface area contributed by atoms with Gasteiger partial charge in [0, 0.05) is 13.6 Å². The number of benzene rings is 1. The highest BCUT2D eigenvalue weighted by atomic mass is 16.4. The lowest BCUT2D eigenvalue weighted by Crippen LogP contribution is -2.42. The fourth-order valence-corrected chi connectivity index (χ4v) is 1.80. The molecule has 1 rings (SSSR count). The van der Waals surface area contributed by atoms with Crippen LogP contribution in [-0.2, 0) is 11.2 Å². The summed E-state index contributed by atoms with van der Waals surface area (Å²) in [5, 5.41) is 9.07. The number of carbonyl (C=O) groups excluding carboxylic acids is 1. The molecule has 1 unspecified atom stereocenters. The van der Waals surface area contributed by atoms with Crippen LogP contribution in [0, 0.1) is 0 Å². The lowest BCUT2D eigenvalue weighted by molar-refractivity contribution is -0.131. The molecule has 0 aromatic heterocycles. The Morgan fingerprint density at radius 3 is 2.58 bits per heavy atom. The van der Waals surface area contributed by atoms with Gasteiger partial charge in [0.05, 0.1) is 11.6 Å². The quantitative estimate of drug-likeness (QED) is 0.806. The first kappa shape index (κ1) is 15.2. The zero-order valence-electron chi connectivity index (χ0n) is 11.3. The first-order chi connectivity index (χ1) is 8.97. The lowest BCUT2D eigenvalue weighted by Gasteiger charge is -2.20. The fraction of sp³-hybridized carbons (Fsp3) is 0.429. The second-order valence-electron chi connectivity index (χ2n) is 4.49. The SMILES string of the molecule is CCC(N)C(=O)N(C)CCc1ccccc1C(=O)O. The summed E-state index contributed by atoms with van der Waals surface area (Å²) < 4.78 is 0. The largest absolute Gasteiger partial charge is 0.478 e. The van der Waals surface area contributed by atoms with Gasteiger partial charge in [0.1, 0.15) is 0 Å². The molecule has 0 bridgehead atoms. The van der Waals surface area contributed by atoms with Crippen LogP contribution < -0.4 is 5.73 Å². The Kier molecular flexibility index (Phi) is 5.51. The van der Waals surface area contributed by atoms with E-state index in [9.17, 15) is 9.59 Å². The smallest absolute Gasteiger partial charge is 0.335 e. The predicted octanol–water partition coefficient (Wildman–Crippen LogP) is 1.12. The normalized spacial score (nSPS) is 11.9. The molecule has 0 spiro atoms. The molecule has 1 amide bonds. The number of nitrogens with two attached hydrogens (primary N) is 1. The summed E-state index contributed by atoms with van der Waals surface area (Å²) >= 11 is 0. The van der Waals surface area contributed by atoms with Crippen molar-refractivity contribution in [3.63, 3.8) is 0 Å². The number of carboxylic acids is 1. The molecule has 1 aromatic rings. The van der Waals surface area contributed by atoms with Crippen molar-refractivity contribution in [2.45, 2.75) is 25.8 Å². The molecule has 19 heavy (non-hydrogen) atoms. The van der Waals surface area contributed by atoms with Crippen molar-refractivity contribution in [3.05, 3.63) is 35.4 Å². The molecule has 0 fully saturated rings. The summed E-state index contributed by atoms with van der Waals surface area (Å²) in [5.41, 5.74) is 6.68. The number of hydrogen-bond acceptors (Lipinski definition) is 3. The standard InChI is InChI=1S/C14H20N2O3/c1-3-12(15)13(17)16(2)9-8-10-6-4-5-7-11(10)14(18)19/h4-7,12H,3,8-9,15H2,1-2H3,(H,18,19). The Morgan fingerprint density at radius 2 is 2.00 bits per heavy atom. The van der Waals surface area contributed by atoms with E-state index < -0.39 is 12.0 Å². The third kappa shape index (κ3) is 4.06. The van der Waals surface area contributed by atoms with Crippen LogP contribution in [0.3, 0.4) is 0 Å². The van der Waals surface area contributed by atoms with E-state index in [2.05, 4.69) is 0 Å². The summed E-state index contributed by atoms with van der Waals surface area (Å²) in [4.78, 5) is 24.4. The van der Waals surface area contributed by atoms with Gasteiger partial charge in [0.25, 0.3) is 0 Å². The van der Waals surface area contributed by atoms with Crippen LogP contribution in [0.5, 0.6) is 0 Å². The summed E-state index contributed by atoms with van der Waals surface area (Å²) in [6, 6.07) is 6.33. The molecule has 0 radical (unpaired) electrons. The number of carbonyl (C=O) groups is 2. The maximum atomic E-state index is 11.8. The number of aromatic carboxylic acids is 1. The molecule has 1 aromatic carbocycles. The van der Waals surface area contributed by atoms with Crippen molar-refractivity contribution in [3.8, 4) is 0 Å². The highest BCUT2D eigenvalue weighted by Crippen LogP contribution is 2.10. The fourth-order valence-electron chi connectivity index (χ4n) is 1.80. The molecule has 0 aliphatic heterocycles. The van der Waals surface area contributed by atoms with E-state index in [-0.39, 0.29) is 11.5 Å². The van der Waals surface area contributed by atoms with Gasteiger partial charge in [0.15, 0.2) is 0 Å². The molecular formula is C14H20N2O3. The average Bonchev–Trinajstić information content (AvgIpc) is 2.43. The predicted molar refractivity (Wildman–Crippen MR) is 73.0 cm³/mol. The molecule has 0 aliphatic carbocycles. The average molecular weight is 264 g/mol. The summed E-state index contributed by atoms with van der Waals surface area (Å²) in [5.74, 6) is -1.06. The van der Waals surface area contributed by atoms with Crippen molar-refractivity contribution >= 4 is 11.9 Å². The topological polar surface area (TPSA) is 83.6 Å². The van der Waals surface area contributed by atoms with Crippen molar-refractivity contribution < 1.29 is 14.7 Å². The summed E-state index contributed by atoms with van der Waals surface area (Å²) in [6.07, 6.45) is 1.09. The van der Waals surface area contributed by atoms with Gasteiger partial charge in [-0.1, -0.05) is 25.1 Å². The molecule has 0 saturated heterocycles. The van der Waals surface area contributed by atoms with E-state index in [0.717, 1.165) is 5.56 Å². The van der Waals surface area contributed by atoms with E-state index in [1.165, 1.54) is 0 Å². The van der Waals surface area contributed by atoms with Crippen LogP contribution in [0.15, 0.2) is 24.3 Å². The highest BCUT2D eigenvalue weighted by molar-refractivity contribution is 5.89. The number of amides is 1. The first-order valence-electron chi connectivity index (χ1n) is 6.29. The number of carboxylic acid groups (broad SMARTS) is 1. The Hall–Kier alpha value is -1.88. The Bertz CT molecular complexity index is 460. The molecule has 5 nitrogen and oxygen atoms in total. The van der Waals surface area contributed by atoms with E-state index in [1.807, 2.05) is 6.92 Å². The van der Waals surface area contributed by atoms with Crippen molar-refractivity contribution in [2.75, 3.05) is 13.6 Å². The molecular weight excluding hydrogens is 244 g/mol. The molecule has 0 heterocycles. The van der Waals surface area contributed by atoms with Gasteiger partial charge in [0.2, 0.25) is 5.91 Å². The second kappa shape index (κ2) is 6.89. The molecule has 104 valence electrons. The third-order valence-corrected chi connectivity index (χ3v) is 3.10. The number of likely N-dealkylation sites (N-methyl/N-ethyl adjacent to an activating group) is 1. The number of hydrogen-bond donors (Lipinski definition) is 2. The van der Waals surface area contributed by atoms with Crippen molar-refractivity contribution in [1.29, 1.82) is 0 Å². The molecule has 3 N–H and O–H groups in total. The minimum absolute atomic E-state index is 0.115. The zero-order chi connectivity index (χ0) is 14.4. The van der Waals surface area contributed by atoms with Crippen LogP contribution in [-0.4, -0.2) is 41.5 Å². The van der Waals surface area contributed by atoms with Crippen LogP contribution in [0.4, 0.5) is 0 Å². The van der Waals surface area contributed by atoms with E-state index in [0.29, 0.717) is 19.4 Å². The molecule has 5 heteroatoms. The van der Waals surface area contributed by atoms with E-state index >= 15 is 0 Å². The van der Waals surface area contributed by atoms with Gasteiger partial charge in [-0.15, -0.1) is 0 Å². The van der Waals surface area contributed by atoms with Gasteiger partial charge in [-0.3, -0.25) is 4.79 Å². The number of nitrogens with zero attached hydrogens (tertiary/aromatic N) is 1. The van der Waals surface area contributed by atoms with Gasteiger partial charge >= 0.3 is 5.97 Å². The number of rotatable bonds is 6. The van der Waals surface area contributed by atoms with Crippen LogP contribution in [0.25, 0.3) is 0 Å². The van der Waals surface area contributed by atoms with E-state index in [1.54, 1.807) is 36.2 Å². The third-order valence-electron chi connectivity index (χ3n) is 3.10. The van der Waals surface area contributed by atoms with Crippen LogP contribution in [0.1, 0.15) is 29.3 Å². The molecule has 1 atom stereocenters. The van der Waals surface area contributed by atoms with Crippen LogP contribution in [0.2, 0.25) is 0 Å². The monoisotopic (exact) mass is 264 g/mol. The minimum Gasteiger partial charge on any atom is -0.478 e. The Balaban J connectivity index is 2.67. The lowest BCUT2D eigenvalue weighted by atomic mass is 10.0. The molecule has 0 aliphatic rings. The van der Waals surface area contributed by atoms with Crippen LogP contribution >= 0.6 is 0 Å². The first-order valence-corrected chi connectivity index (χ1v) is 6.29. The maximum Gasteiger partial charge on any atom is 0.335 e. The van der Waals surface area contributed by atoms with Gasteiger partial charge in [-0.2, -0.15) is 0 Å². The van der Waals surface area contributed by atoms with Gasteiger partial charge in [-0.05, 0) is 24.5 Å². The summed E-state index contributed by atoms with van der Waals surface area (Å²) in [7, 11) is 1.68. The van der Waals surface area contributed by atoms with Gasteiger partial charge < -0.3 is 15.7 Å². The Morgan fingerprint density at radius 1 is 1.37 bits per heavy atom. The zero-order valence-corrected chi connectivity index (χ0v) is 11.3. The Labute approximate surface area is 113 Å². The van der Waals surface area contributed by atoms with Crippen molar-refractivity contribution in [2.24, 2.45) is 5.73 Å². The highest BCUT2D eigenvalue weighted by Gasteiger charge is 2.16. The van der Waals surface area contributed by atoms with E-state index in [4.69, 9.17) is 10.8 Å². The molecule has 0 saturated carbocycles. The second-order valence-corrected chi connectivity index (χ2v) is 4.49. The minimum atomic E-state index is -0.949. The van der Waals surface area contributed by atoms with Crippen molar-refractivity contribution in [1.82, 2.24) is 4.90 Å². The van der Waals surface area contributed by atoms with Gasteiger partial charge in [-0.25, -0.2) is 4.79 Å².